The van der Waals surface area contributed by atoms with Gasteiger partial charge in [-0.1, -0.05) is 0 Å². The first kappa shape index (κ1) is 31.4. The Kier molecular flexibility index (Phi) is 9.54. The molecule has 0 unspecified atom stereocenters. The molecular weight excluding hydrogens is 545 g/mol. The van der Waals surface area contributed by atoms with Gasteiger partial charge in [-0.2, -0.15) is 0 Å². The number of rotatable bonds is 0. The number of hydrogen-bond donors (Lipinski definition) is 0. The molecule has 0 aromatic rings. The molecule has 1 saturated heterocycles. The third kappa shape index (κ3) is 11.9. The molecule has 0 aliphatic carbocycles. The lowest BCUT2D eigenvalue weighted by Crippen LogP contribution is -2.64. The van der Waals surface area contributed by atoms with Crippen molar-refractivity contribution in [3.63, 3.8) is 0 Å². The van der Waals surface area contributed by atoms with Gasteiger partial charge in [-0.25, -0.2) is 0 Å². The highest BCUT2D eigenvalue weighted by Crippen LogP contribution is 2.31. The average Bonchev–Trinajstić information content (AvgIpc) is 2.21. The van der Waals surface area contributed by atoms with Gasteiger partial charge in [0, 0.05) is 0 Å². The molecule has 0 aromatic carbocycles. The maximum Gasteiger partial charge on any atom is 0.314 e. The lowest BCUT2D eigenvalue weighted by Gasteiger charge is -2.46. The van der Waals surface area contributed by atoms with Gasteiger partial charge in [0.1, 0.15) is 0 Å². The predicted molar refractivity (Wildman–Crippen MR) is 149 cm³/mol. The fourth-order valence-electron chi connectivity index (χ4n) is 4.90. The van der Waals surface area contributed by atoms with Crippen molar-refractivity contribution >= 4 is 68.5 Å². The van der Waals surface area contributed by atoms with Crippen molar-refractivity contribution in [3.05, 3.63) is 0 Å². The summed E-state index contributed by atoms with van der Waals surface area (Å²) in [5, 5.41) is 0. The first-order valence-electron chi connectivity index (χ1n) is 11.3. The zero-order chi connectivity index (χ0) is 25.7. The third-order valence-corrected chi connectivity index (χ3v) is 35.4. The van der Waals surface area contributed by atoms with Crippen LogP contribution in [0.2, 0.25) is 105 Å². The lowest BCUT2D eigenvalue weighted by atomic mass is 11.9. The summed E-state index contributed by atoms with van der Waals surface area (Å²) < 4.78 is 52.8. The van der Waals surface area contributed by atoms with Crippen LogP contribution >= 0.6 is 0 Å². The van der Waals surface area contributed by atoms with Crippen molar-refractivity contribution in [1.82, 2.24) is 0 Å². The molecule has 0 N–H and O–H groups in total. The van der Waals surface area contributed by atoms with Crippen LogP contribution in [0.4, 0.5) is 0 Å². The van der Waals surface area contributed by atoms with Crippen molar-refractivity contribution in [2.24, 2.45) is 0 Å². The summed E-state index contributed by atoms with van der Waals surface area (Å²) >= 11 is 0. The number of hydrogen-bond acceptors (Lipinski definition) is 8. The van der Waals surface area contributed by atoms with Gasteiger partial charge < -0.3 is 32.9 Å². The van der Waals surface area contributed by atoms with Crippen LogP contribution in [0.1, 0.15) is 0 Å². The van der Waals surface area contributed by atoms with Gasteiger partial charge in [0.05, 0.1) is 0 Å². The molecule has 192 valence electrons. The van der Waals surface area contributed by atoms with Crippen LogP contribution in [-0.2, 0) is 32.9 Å². The van der Waals surface area contributed by atoms with Gasteiger partial charge in [-0.3, -0.25) is 0 Å². The first-order valence-corrected chi connectivity index (χ1v) is 33.8. The van der Waals surface area contributed by atoms with E-state index in [1.807, 2.05) is 0 Å². The molecule has 0 amide bonds. The normalized spacial score (nSPS) is 31.5. The zero-order valence-electron chi connectivity index (χ0n) is 23.3. The molecule has 0 atom stereocenters. The molecule has 0 saturated carbocycles. The largest absolute Gasteiger partial charge is 0.416 e. The van der Waals surface area contributed by atoms with Crippen molar-refractivity contribution in [2.45, 2.75) is 105 Å². The average molecular weight is 593 g/mol. The monoisotopic (exact) mass is 592 g/mol. The standard InChI is InChI=1S/C16H48O8Si8/c1-25(2)17-26(3,4)19-28(7,8)21-30(11,12)23-32(15,16)24-31(13,14)22-29(9,10)20-27(5,6)18-25/h1-16H3. The predicted octanol–water partition coefficient (Wildman–Crippen LogP) is 5.75. The molecule has 1 heterocycles. The third-order valence-electron chi connectivity index (χ3n) is 3.93. The molecule has 1 aliphatic heterocycles. The molecular formula is C16H48O8Si8. The summed E-state index contributed by atoms with van der Waals surface area (Å²) in [6.45, 7) is 33.0. The summed E-state index contributed by atoms with van der Waals surface area (Å²) in [5.74, 6) is 0. The van der Waals surface area contributed by atoms with E-state index in [9.17, 15) is 0 Å². The Bertz CT molecular complexity index is 466. The second kappa shape index (κ2) is 9.70. The maximum absolute atomic E-state index is 6.60. The summed E-state index contributed by atoms with van der Waals surface area (Å²) in [6.07, 6.45) is 0. The first-order chi connectivity index (χ1) is 13.7. The van der Waals surface area contributed by atoms with E-state index in [0.29, 0.717) is 0 Å². The van der Waals surface area contributed by atoms with Gasteiger partial charge in [0.15, 0.2) is 0 Å². The summed E-state index contributed by atoms with van der Waals surface area (Å²) in [6, 6.07) is 0. The van der Waals surface area contributed by atoms with Crippen LogP contribution in [0.5, 0.6) is 0 Å². The van der Waals surface area contributed by atoms with Crippen LogP contribution in [-0.4, -0.2) is 68.5 Å². The summed E-state index contributed by atoms with van der Waals surface area (Å²) in [7, 11) is -20.3. The maximum atomic E-state index is 6.60. The SMILES string of the molecule is C[Si]1(C)O[Si](C)(C)O[Si](C)(C)O[Si](C)(C)O[Si](C)(C)O[Si](C)(C)O[Si](C)(C)O[Si](C)(C)O1. The minimum absolute atomic E-state index is 2.06. The molecule has 16 heteroatoms. The highest BCUT2D eigenvalue weighted by molar-refractivity contribution is 6.93. The van der Waals surface area contributed by atoms with E-state index in [1.54, 1.807) is 0 Å². The molecule has 0 aromatic heterocycles. The molecule has 1 aliphatic rings. The van der Waals surface area contributed by atoms with Crippen LogP contribution in [0.15, 0.2) is 0 Å². The smallest absolute Gasteiger partial charge is 0.314 e. The Labute approximate surface area is 205 Å². The van der Waals surface area contributed by atoms with Crippen molar-refractivity contribution in [1.29, 1.82) is 0 Å². The minimum Gasteiger partial charge on any atom is -0.416 e. The van der Waals surface area contributed by atoms with Gasteiger partial charge in [0.25, 0.3) is 0 Å². The van der Waals surface area contributed by atoms with Gasteiger partial charge in [-0.15, -0.1) is 0 Å². The molecule has 8 nitrogen and oxygen atoms in total. The van der Waals surface area contributed by atoms with Crippen molar-refractivity contribution in [3.8, 4) is 0 Å². The molecule has 32 heavy (non-hydrogen) atoms. The lowest BCUT2D eigenvalue weighted by molar-refractivity contribution is 0.241. The van der Waals surface area contributed by atoms with E-state index >= 15 is 0 Å². The summed E-state index contributed by atoms with van der Waals surface area (Å²) in [5.41, 5.74) is 0. The molecule has 0 bridgehead atoms. The minimum atomic E-state index is -2.53. The van der Waals surface area contributed by atoms with Gasteiger partial charge in [0.2, 0.25) is 0 Å². The van der Waals surface area contributed by atoms with E-state index in [4.69, 9.17) is 32.9 Å². The van der Waals surface area contributed by atoms with E-state index in [0.717, 1.165) is 0 Å². The molecule has 0 radical (unpaired) electrons. The van der Waals surface area contributed by atoms with E-state index in [1.165, 1.54) is 0 Å². The zero-order valence-corrected chi connectivity index (χ0v) is 31.3. The Morgan fingerprint density at radius 3 is 0.312 bits per heavy atom. The van der Waals surface area contributed by atoms with Gasteiger partial charge in [-0.05, 0) is 105 Å². The Morgan fingerprint density at radius 2 is 0.250 bits per heavy atom. The van der Waals surface area contributed by atoms with Crippen LogP contribution in [0.3, 0.4) is 0 Å². The second-order valence-corrected chi connectivity index (χ2v) is 40.9. The van der Waals surface area contributed by atoms with Gasteiger partial charge >= 0.3 is 68.5 Å². The summed E-state index contributed by atoms with van der Waals surface area (Å²) in [4.78, 5) is 0. The van der Waals surface area contributed by atoms with Crippen molar-refractivity contribution in [2.75, 3.05) is 0 Å². The molecule has 0 spiro atoms. The Morgan fingerprint density at radius 1 is 0.188 bits per heavy atom. The fourth-order valence-corrected chi connectivity index (χ4v) is 47.1. The molecule has 1 fully saturated rings. The highest BCUT2D eigenvalue weighted by atomic mass is 28.5. The van der Waals surface area contributed by atoms with E-state index < -0.39 is 68.5 Å². The highest BCUT2D eigenvalue weighted by Gasteiger charge is 2.51. The molecule has 1 rings (SSSR count). The quantitative estimate of drug-likeness (QED) is 0.329. The van der Waals surface area contributed by atoms with Crippen LogP contribution in [0, 0.1) is 0 Å². The van der Waals surface area contributed by atoms with Crippen LogP contribution in [0.25, 0.3) is 0 Å². The van der Waals surface area contributed by atoms with Crippen LogP contribution < -0.4 is 0 Å². The second-order valence-electron chi connectivity index (χ2n) is 12.0. The van der Waals surface area contributed by atoms with E-state index in [-0.39, 0.29) is 0 Å². The Hall–Kier alpha value is 1.42. The topological polar surface area (TPSA) is 73.8 Å². The fraction of sp³-hybridized carbons (Fsp3) is 1.00. The van der Waals surface area contributed by atoms with Crippen molar-refractivity contribution < 1.29 is 32.9 Å². The Balaban J connectivity index is 3.40. The van der Waals surface area contributed by atoms with E-state index in [2.05, 4.69) is 105 Å².